The maximum Gasteiger partial charge on any atom is 0.273 e. The van der Waals surface area contributed by atoms with Crippen LogP contribution in [0.3, 0.4) is 0 Å². The Hall–Kier alpha value is -2.94. The van der Waals surface area contributed by atoms with Crippen LogP contribution in [0.25, 0.3) is 10.6 Å². The van der Waals surface area contributed by atoms with Gasteiger partial charge in [0.2, 0.25) is 0 Å². The van der Waals surface area contributed by atoms with Crippen molar-refractivity contribution in [2.45, 2.75) is 0 Å². The van der Waals surface area contributed by atoms with Crippen LogP contribution < -0.4 is 15.5 Å². The fourth-order valence-electron chi connectivity index (χ4n) is 2.06. The molecule has 25 heavy (non-hydrogen) atoms. The van der Waals surface area contributed by atoms with E-state index in [1.54, 1.807) is 12.3 Å². The van der Waals surface area contributed by atoms with E-state index in [2.05, 4.69) is 26.0 Å². The standard InChI is InChI=1S/C16H18N6O2S/c1-22(2)11-8-15(20-19-10-11)17-5-6-18-16(23)12-9-13(24-21-12)14-4-3-7-25-14/h3-4,7-10H,5-6H2,1-2H3,(H,17,20)(H,18,23). The molecule has 0 saturated carbocycles. The quantitative estimate of drug-likeness (QED) is 0.624. The summed E-state index contributed by atoms with van der Waals surface area (Å²) in [6.07, 6.45) is 1.68. The summed E-state index contributed by atoms with van der Waals surface area (Å²) in [4.78, 5) is 15.0. The number of aromatic nitrogens is 3. The van der Waals surface area contributed by atoms with Crippen molar-refractivity contribution in [2.24, 2.45) is 0 Å². The first-order valence-corrected chi connectivity index (χ1v) is 8.54. The summed E-state index contributed by atoms with van der Waals surface area (Å²) in [7, 11) is 3.87. The maximum absolute atomic E-state index is 12.1. The van der Waals surface area contributed by atoms with Crippen molar-refractivity contribution in [2.75, 3.05) is 37.4 Å². The molecule has 0 aliphatic rings. The van der Waals surface area contributed by atoms with E-state index in [1.165, 1.54) is 11.3 Å². The van der Waals surface area contributed by atoms with E-state index in [9.17, 15) is 4.79 Å². The van der Waals surface area contributed by atoms with E-state index < -0.39 is 0 Å². The zero-order valence-corrected chi connectivity index (χ0v) is 14.7. The molecule has 3 heterocycles. The molecule has 0 bridgehead atoms. The molecule has 0 aliphatic heterocycles. The minimum absolute atomic E-state index is 0.262. The summed E-state index contributed by atoms with van der Waals surface area (Å²) in [5, 5.41) is 19.6. The van der Waals surface area contributed by atoms with Gasteiger partial charge in [-0.1, -0.05) is 11.2 Å². The van der Waals surface area contributed by atoms with Crippen LogP contribution in [0.1, 0.15) is 10.5 Å². The lowest BCUT2D eigenvalue weighted by atomic mass is 10.3. The molecule has 8 nitrogen and oxygen atoms in total. The van der Waals surface area contributed by atoms with Gasteiger partial charge in [-0.3, -0.25) is 4.79 Å². The Labute approximate surface area is 148 Å². The number of carbonyl (C=O) groups excluding carboxylic acids is 1. The van der Waals surface area contributed by atoms with Gasteiger partial charge in [-0.25, -0.2) is 0 Å². The molecule has 3 rings (SSSR count). The van der Waals surface area contributed by atoms with E-state index in [-0.39, 0.29) is 11.6 Å². The first-order valence-electron chi connectivity index (χ1n) is 7.66. The smallest absolute Gasteiger partial charge is 0.273 e. The third-order valence-electron chi connectivity index (χ3n) is 3.38. The Morgan fingerprint density at radius 1 is 1.32 bits per heavy atom. The van der Waals surface area contributed by atoms with Crippen LogP contribution in [-0.4, -0.2) is 48.4 Å². The molecule has 0 fully saturated rings. The average Bonchev–Trinajstić information content (AvgIpc) is 3.29. The highest BCUT2D eigenvalue weighted by Crippen LogP contribution is 2.24. The molecule has 2 N–H and O–H groups in total. The van der Waals surface area contributed by atoms with Gasteiger partial charge in [-0.05, 0) is 11.4 Å². The first-order chi connectivity index (χ1) is 12.1. The molecule has 0 unspecified atom stereocenters. The largest absolute Gasteiger partial charge is 0.376 e. The van der Waals surface area contributed by atoms with Crippen molar-refractivity contribution in [3.63, 3.8) is 0 Å². The van der Waals surface area contributed by atoms with Crippen LogP contribution in [0.4, 0.5) is 11.5 Å². The fourth-order valence-corrected chi connectivity index (χ4v) is 2.73. The summed E-state index contributed by atoms with van der Waals surface area (Å²) >= 11 is 1.53. The molecule has 1 amide bonds. The SMILES string of the molecule is CN(C)c1cnnc(NCCNC(=O)c2cc(-c3cccs3)on2)c1. The fraction of sp³-hybridized carbons (Fsp3) is 0.250. The number of anilines is 2. The second kappa shape index (κ2) is 7.75. The van der Waals surface area contributed by atoms with Gasteiger partial charge in [0.25, 0.3) is 5.91 Å². The Bertz CT molecular complexity index is 831. The maximum atomic E-state index is 12.1. The summed E-state index contributed by atoms with van der Waals surface area (Å²) in [6.45, 7) is 0.945. The van der Waals surface area contributed by atoms with Gasteiger partial charge in [0, 0.05) is 39.3 Å². The second-order valence-corrected chi connectivity index (χ2v) is 6.38. The number of rotatable bonds is 7. The predicted molar refractivity (Wildman–Crippen MR) is 97.0 cm³/mol. The number of nitrogens with one attached hydrogen (secondary N) is 2. The number of thiophene rings is 1. The van der Waals surface area contributed by atoms with Gasteiger partial charge < -0.3 is 20.1 Å². The lowest BCUT2D eigenvalue weighted by Gasteiger charge is -2.12. The average molecular weight is 358 g/mol. The molecular weight excluding hydrogens is 340 g/mol. The van der Waals surface area contributed by atoms with Gasteiger partial charge in [-0.15, -0.1) is 16.4 Å². The summed E-state index contributed by atoms with van der Waals surface area (Å²) in [6, 6.07) is 7.36. The van der Waals surface area contributed by atoms with E-state index in [0.29, 0.717) is 24.7 Å². The Kier molecular flexibility index (Phi) is 5.24. The molecule has 9 heteroatoms. The van der Waals surface area contributed by atoms with Gasteiger partial charge in [0.15, 0.2) is 17.3 Å². The number of hydrogen-bond acceptors (Lipinski definition) is 8. The zero-order valence-electron chi connectivity index (χ0n) is 13.9. The van der Waals surface area contributed by atoms with Crippen molar-refractivity contribution in [3.8, 4) is 10.6 Å². The number of hydrogen-bond donors (Lipinski definition) is 2. The van der Waals surface area contributed by atoms with Crippen molar-refractivity contribution < 1.29 is 9.32 Å². The molecule has 130 valence electrons. The molecule has 0 spiro atoms. The van der Waals surface area contributed by atoms with E-state index >= 15 is 0 Å². The molecule has 3 aromatic rings. The van der Waals surface area contributed by atoms with Crippen LogP contribution >= 0.6 is 11.3 Å². The lowest BCUT2D eigenvalue weighted by Crippen LogP contribution is -2.29. The summed E-state index contributed by atoms with van der Waals surface area (Å²) < 4.78 is 5.20. The van der Waals surface area contributed by atoms with Crippen LogP contribution in [0.15, 0.2) is 40.4 Å². The monoisotopic (exact) mass is 358 g/mol. The number of nitrogens with zero attached hydrogens (tertiary/aromatic N) is 4. The highest BCUT2D eigenvalue weighted by Gasteiger charge is 2.13. The van der Waals surface area contributed by atoms with Crippen molar-refractivity contribution >= 4 is 28.7 Å². The Balaban J connectivity index is 1.47. The van der Waals surface area contributed by atoms with Crippen molar-refractivity contribution in [1.29, 1.82) is 0 Å². The van der Waals surface area contributed by atoms with Crippen LogP contribution in [0, 0.1) is 0 Å². The molecule has 0 aromatic carbocycles. The van der Waals surface area contributed by atoms with Crippen LogP contribution in [-0.2, 0) is 0 Å². The van der Waals surface area contributed by atoms with Gasteiger partial charge >= 0.3 is 0 Å². The van der Waals surface area contributed by atoms with Crippen LogP contribution in [0.2, 0.25) is 0 Å². The van der Waals surface area contributed by atoms with Crippen molar-refractivity contribution in [3.05, 3.63) is 41.5 Å². The minimum atomic E-state index is -0.276. The molecule has 0 atom stereocenters. The van der Waals surface area contributed by atoms with E-state index in [4.69, 9.17) is 4.52 Å². The van der Waals surface area contributed by atoms with Gasteiger partial charge in [0.05, 0.1) is 16.8 Å². The third-order valence-corrected chi connectivity index (χ3v) is 4.26. The molecule has 0 aliphatic carbocycles. The number of amides is 1. The number of carbonyl (C=O) groups is 1. The first kappa shape index (κ1) is 16.9. The molecule has 0 radical (unpaired) electrons. The molecular formula is C16H18N6O2S. The van der Waals surface area contributed by atoms with E-state index in [0.717, 1.165) is 10.6 Å². The highest BCUT2D eigenvalue weighted by atomic mass is 32.1. The molecule has 3 aromatic heterocycles. The third kappa shape index (κ3) is 4.32. The normalized spacial score (nSPS) is 10.5. The Morgan fingerprint density at radius 3 is 2.96 bits per heavy atom. The zero-order chi connectivity index (χ0) is 17.6. The van der Waals surface area contributed by atoms with Gasteiger partial charge in [0.1, 0.15) is 0 Å². The lowest BCUT2D eigenvalue weighted by molar-refractivity contribution is 0.0946. The predicted octanol–water partition coefficient (Wildman–Crippen LogP) is 2.10. The van der Waals surface area contributed by atoms with E-state index in [1.807, 2.05) is 42.6 Å². The van der Waals surface area contributed by atoms with Gasteiger partial charge in [-0.2, -0.15) is 5.10 Å². The Morgan fingerprint density at radius 2 is 2.20 bits per heavy atom. The summed E-state index contributed by atoms with van der Waals surface area (Å²) in [5.41, 5.74) is 1.21. The minimum Gasteiger partial charge on any atom is -0.376 e. The second-order valence-electron chi connectivity index (χ2n) is 5.43. The van der Waals surface area contributed by atoms with Crippen molar-refractivity contribution in [1.82, 2.24) is 20.7 Å². The van der Waals surface area contributed by atoms with Crippen LogP contribution in [0.5, 0.6) is 0 Å². The summed E-state index contributed by atoms with van der Waals surface area (Å²) in [5.74, 6) is 0.970. The topological polar surface area (TPSA) is 96.2 Å². The molecule has 0 saturated heterocycles. The highest BCUT2D eigenvalue weighted by molar-refractivity contribution is 7.13.